The molecule has 1 rings (SSSR count). The summed E-state index contributed by atoms with van der Waals surface area (Å²) in [6.45, 7) is 3.78. The average Bonchev–Trinajstić information content (AvgIpc) is 2.39. The van der Waals surface area contributed by atoms with Crippen molar-refractivity contribution in [3.05, 3.63) is 29.8 Å². The Morgan fingerprint density at radius 3 is 2.85 bits per heavy atom. The Balaban J connectivity index is 2.67. The van der Waals surface area contributed by atoms with Crippen molar-refractivity contribution in [2.75, 3.05) is 19.0 Å². The number of aliphatic hydroxyl groups excluding tert-OH is 1. The summed E-state index contributed by atoms with van der Waals surface area (Å²) in [7, 11) is 1.59. The van der Waals surface area contributed by atoms with Gasteiger partial charge in [-0.25, -0.2) is 0 Å². The van der Waals surface area contributed by atoms with E-state index in [0.29, 0.717) is 12.1 Å². The second kappa shape index (κ2) is 7.68. The van der Waals surface area contributed by atoms with Crippen LogP contribution in [0.25, 0.3) is 0 Å². The van der Waals surface area contributed by atoms with Crippen molar-refractivity contribution in [2.24, 2.45) is 0 Å². The lowest BCUT2D eigenvalue weighted by Crippen LogP contribution is -2.29. The molecule has 108 valence electrons. The van der Waals surface area contributed by atoms with Crippen LogP contribution in [0.5, 0.6) is 0 Å². The van der Waals surface area contributed by atoms with Gasteiger partial charge in [0.1, 0.15) is 0 Å². The molecule has 0 atom stereocenters. The lowest BCUT2D eigenvalue weighted by molar-refractivity contribution is -0.121. The molecule has 0 unspecified atom stereocenters. The molecule has 0 fully saturated rings. The first-order chi connectivity index (χ1) is 9.46. The fourth-order valence-electron chi connectivity index (χ4n) is 1.56. The second-order valence-electron chi connectivity index (χ2n) is 5.04. The van der Waals surface area contributed by atoms with Crippen LogP contribution < -0.4 is 5.32 Å². The monoisotopic (exact) mass is 275 g/mol. The Hall–Kier alpha value is -1.83. The second-order valence-corrected chi connectivity index (χ2v) is 5.04. The number of nitrogens with one attached hydrogen (secondary N) is 1. The molecule has 1 aromatic rings. The van der Waals surface area contributed by atoms with Crippen LogP contribution in [0.15, 0.2) is 24.3 Å². The molecule has 2 N–H and O–H groups in total. The van der Waals surface area contributed by atoms with Gasteiger partial charge >= 0.3 is 0 Å². The molecule has 0 aliphatic heterocycles. The van der Waals surface area contributed by atoms with Crippen LogP contribution in [0.2, 0.25) is 0 Å². The van der Waals surface area contributed by atoms with E-state index >= 15 is 0 Å². The Morgan fingerprint density at radius 2 is 2.20 bits per heavy atom. The number of carbonyl (C=O) groups excluding carboxylic acids is 1. The van der Waals surface area contributed by atoms with Gasteiger partial charge in [0.15, 0.2) is 0 Å². The Kier molecular flexibility index (Phi) is 6.23. The SMILES string of the molecule is COC(C)(C)CC(=O)Nc1cccc(C#CCCO)c1. The van der Waals surface area contributed by atoms with E-state index in [0.717, 1.165) is 5.56 Å². The van der Waals surface area contributed by atoms with E-state index in [-0.39, 0.29) is 18.9 Å². The molecule has 0 radical (unpaired) electrons. The molecule has 4 heteroatoms. The highest BCUT2D eigenvalue weighted by atomic mass is 16.5. The Bertz CT molecular complexity index is 512. The number of benzene rings is 1. The summed E-state index contributed by atoms with van der Waals surface area (Å²) >= 11 is 0. The minimum atomic E-state index is -0.484. The standard InChI is InChI=1S/C16H21NO3/c1-16(2,20-3)12-15(19)17-14-9-6-8-13(11-14)7-4-5-10-18/h6,8-9,11,18H,5,10,12H2,1-3H3,(H,17,19). The zero-order chi connectivity index (χ0) is 15.0. The third-order valence-electron chi connectivity index (χ3n) is 2.75. The molecule has 0 heterocycles. The van der Waals surface area contributed by atoms with E-state index < -0.39 is 5.60 Å². The topological polar surface area (TPSA) is 58.6 Å². The van der Waals surface area contributed by atoms with Gasteiger partial charge < -0.3 is 15.2 Å². The summed E-state index contributed by atoms with van der Waals surface area (Å²) in [5, 5.41) is 11.5. The van der Waals surface area contributed by atoms with Crippen molar-refractivity contribution in [3.63, 3.8) is 0 Å². The first-order valence-corrected chi connectivity index (χ1v) is 6.51. The highest BCUT2D eigenvalue weighted by Gasteiger charge is 2.20. The van der Waals surface area contributed by atoms with Gasteiger partial charge in [-0.2, -0.15) is 0 Å². The van der Waals surface area contributed by atoms with Gasteiger partial charge in [-0.05, 0) is 32.0 Å². The van der Waals surface area contributed by atoms with Gasteiger partial charge in [0.2, 0.25) is 5.91 Å². The molecule has 0 aliphatic carbocycles. The van der Waals surface area contributed by atoms with Crippen LogP contribution in [0, 0.1) is 11.8 Å². The summed E-state index contributed by atoms with van der Waals surface area (Å²) in [6.07, 6.45) is 0.725. The number of ether oxygens (including phenoxy) is 1. The normalized spacial score (nSPS) is 10.6. The Labute approximate surface area is 120 Å². The molecule has 0 bridgehead atoms. The summed E-state index contributed by atoms with van der Waals surface area (Å²) in [6, 6.07) is 7.32. The zero-order valence-electron chi connectivity index (χ0n) is 12.2. The van der Waals surface area contributed by atoms with E-state index in [1.165, 1.54) is 0 Å². The molecule has 0 saturated carbocycles. The van der Waals surface area contributed by atoms with Crippen molar-refractivity contribution in [3.8, 4) is 11.8 Å². The number of carbonyl (C=O) groups is 1. The molecule has 20 heavy (non-hydrogen) atoms. The fourth-order valence-corrected chi connectivity index (χ4v) is 1.56. The quantitative estimate of drug-likeness (QED) is 0.810. The summed E-state index contributed by atoms with van der Waals surface area (Å²) < 4.78 is 5.23. The van der Waals surface area contributed by atoms with Gasteiger partial charge in [-0.1, -0.05) is 17.9 Å². The molecule has 1 aromatic carbocycles. The van der Waals surface area contributed by atoms with Crippen molar-refractivity contribution < 1.29 is 14.6 Å². The van der Waals surface area contributed by atoms with E-state index in [2.05, 4.69) is 17.2 Å². The fraction of sp³-hybridized carbons (Fsp3) is 0.438. The summed E-state index contributed by atoms with van der Waals surface area (Å²) in [5.41, 5.74) is 1.03. The zero-order valence-corrected chi connectivity index (χ0v) is 12.2. The maximum absolute atomic E-state index is 11.9. The molecule has 4 nitrogen and oxygen atoms in total. The van der Waals surface area contributed by atoms with Crippen molar-refractivity contribution in [2.45, 2.75) is 32.3 Å². The third-order valence-corrected chi connectivity index (χ3v) is 2.75. The van der Waals surface area contributed by atoms with E-state index in [4.69, 9.17) is 9.84 Å². The van der Waals surface area contributed by atoms with Crippen molar-refractivity contribution >= 4 is 11.6 Å². The summed E-state index contributed by atoms with van der Waals surface area (Å²) in [4.78, 5) is 11.9. The van der Waals surface area contributed by atoms with Crippen molar-refractivity contribution in [1.29, 1.82) is 0 Å². The van der Waals surface area contributed by atoms with Crippen LogP contribution in [0.3, 0.4) is 0 Å². The summed E-state index contributed by atoms with van der Waals surface area (Å²) in [5.74, 6) is 5.68. The molecule has 0 aliphatic rings. The molecule has 1 amide bonds. The highest BCUT2D eigenvalue weighted by Crippen LogP contribution is 2.15. The van der Waals surface area contributed by atoms with Crippen LogP contribution in [0.1, 0.15) is 32.3 Å². The largest absolute Gasteiger partial charge is 0.395 e. The predicted molar refractivity (Wildman–Crippen MR) is 79.4 cm³/mol. The number of hydrogen-bond donors (Lipinski definition) is 2. The number of anilines is 1. The molecule has 0 aromatic heterocycles. The number of amides is 1. The maximum Gasteiger partial charge on any atom is 0.227 e. The van der Waals surface area contributed by atoms with Gasteiger partial charge in [-0.3, -0.25) is 4.79 Å². The van der Waals surface area contributed by atoms with E-state index in [9.17, 15) is 4.79 Å². The minimum Gasteiger partial charge on any atom is -0.395 e. The molecular formula is C16H21NO3. The lowest BCUT2D eigenvalue weighted by Gasteiger charge is -2.21. The average molecular weight is 275 g/mol. The number of hydrogen-bond acceptors (Lipinski definition) is 3. The Morgan fingerprint density at radius 1 is 1.45 bits per heavy atom. The van der Waals surface area contributed by atoms with Gasteiger partial charge in [0.25, 0.3) is 0 Å². The number of methoxy groups -OCH3 is 1. The maximum atomic E-state index is 11.9. The minimum absolute atomic E-state index is 0.0511. The first kappa shape index (κ1) is 16.2. The van der Waals surface area contributed by atoms with E-state index in [1.807, 2.05) is 38.1 Å². The van der Waals surface area contributed by atoms with E-state index in [1.54, 1.807) is 7.11 Å². The highest BCUT2D eigenvalue weighted by molar-refractivity contribution is 5.91. The molecular weight excluding hydrogens is 254 g/mol. The lowest BCUT2D eigenvalue weighted by atomic mass is 10.0. The smallest absolute Gasteiger partial charge is 0.227 e. The van der Waals surface area contributed by atoms with Crippen molar-refractivity contribution in [1.82, 2.24) is 0 Å². The first-order valence-electron chi connectivity index (χ1n) is 6.51. The van der Waals surface area contributed by atoms with Crippen LogP contribution in [-0.2, 0) is 9.53 Å². The van der Waals surface area contributed by atoms with Gasteiger partial charge in [0, 0.05) is 24.8 Å². The number of rotatable bonds is 5. The van der Waals surface area contributed by atoms with Crippen LogP contribution >= 0.6 is 0 Å². The van der Waals surface area contributed by atoms with Gasteiger partial charge in [0.05, 0.1) is 18.6 Å². The molecule has 0 spiro atoms. The predicted octanol–water partition coefficient (Wildman–Crippen LogP) is 2.17. The van der Waals surface area contributed by atoms with Crippen LogP contribution in [-0.4, -0.2) is 30.3 Å². The van der Waals surface area contributed by atoms with Gasteiger partial charge in [-0.15, -0.1) is 0 Å². The molecule has 0 saturated heterocycles. The third kappa shape index (κ3) is 5.87. The van der Waals surface area contributed by atoms with Crippen LogP contribution in [0.4, 0.5) is 5.69 Å². The number of aliphatic hydroxyl groups is 1.